The smallest absolute Gasteiger partial charge is 0.174 e. The molecule has 33 heavy (non-hydrogen) atoms. The molecule has 1 spiro atoms. The third-order valence-electron chi connectivity index (χ3n) is 6.98. The van der Waals surface area contributed by atoms with Crippen molar-refractivity contribution in [1.82, 2.24) is 4.90 Å². The Morgan fingerprint density at radius 3 is 2.42 bits per heavy atom. The number of carbonyl (C=O) groups excluding carboxylic acids is 1. The van der Waals surface area contributed by atoms with Crippen LogP contribution < -0.4 is 10.1 Å². The van der Waals surface area contributed by atoms with Gasteiger partial charge in [0.05, 0.1) is 28.6 Å². The van der Waals surface area contributed by atoms with Gasteiger partial charge in [0.25, 0.3) is 0 Å². The Bertz CT molecular complexity index is 1170. The van der Waals surface area contributed by atoms with Crippen LogP contribution in [0.3, 0.4) is 0 Å². The summed E-state index contributed by atoms with van der Waals surface area (Å²) in [6.07, 6.45) is 1.73. The fourth-order valence-electron chi connectivity index (χ4n) is 5.24. The minimum atomic E-state index is -0.325. The van der Waals surface area contributed by atoms with Crippen molar-refractivity contribution in [2.75, 3.05) is 25.5 Å². The standard InChI is InChI=1S/C27H26Cl2N2O2/c1-33-20-9-7-19(8-10-20)25-26(32)21-4-2-3-5-24(21)30-27(25)12-14-31(15-13-27)17-18-6-11-22(28)23(29)16-18/h2-11,16,25,30H,12-15,17H2,1H3. The minimum absolute atomic E-state index is 0.187. The van der Waals surface area contributed by atoms with Crippen LogP contribution in [-0.4, -0.2) is 36.4 Å². The van der Waals surface area contributed by atoms with Crippen LogP contribution >= 0.6 is 23.2 Å². The highest BCUT2D eigenvalue weighted by molar-refractivity contribution is 6.42. The van der Waals surface area contributed by atoms with Crippen molar-refractivity contribution < 1.29 is 9.53 Å². The first-order valence-corrected chi connectivity index (χ1v) is 12.0. The van der Waals surface area contributed by atoms with Crippen LogP contribution in [0.2, 0.25) is 10.0 Å². The molecule has 170 valence electrons. The molecule has 0 aliphatic carbocycles. The SMILES string of the molecule is COc1ccc(C2C(=O)c3ccccc3NC23CCN(Cc2ccc(Cl)c(Cl)c2)CC3)cc1. The second-order valence-corrected chi connectivity index (χ2v) is 9.74. The second-order valence-electron chi connectivity index (χ2n) is 8.92. The third-order valence-corrected chi connectivity index (χ3v) is 7.72. The molecular formula is C27H26Cl2N2O2. The number of methoxy groups -OCH3 is 1. The molecule has 3 aromatic rings. The summed E-state index contributed by atoms with van der Waals surface area (Å²) in [4.78, 5) is 16.2. The van der Waals surface area contributed by atoms with Gasteiger partial charge < -0.3 is 10.1 Å². The molecular weight excluding hydrogens is 455 g/mol. The first kappa shape index (κ1) is 22.3. The Morgan fingerprint density at radius 2 is 1.73 bits per heavy atom. The van der Waals surface area contributed by atoms with E-state index in [0.717, 1.165) is 60.6 Å². The number of anilines is 1. The van der Waals surface area contributed by atoms with E-state index in [2.05, 4.69) is 10.2 Å². The molecule has 3 aromatic carbocycles. The maximum absolute atomic E-state index is 13.8. The number of hydrogen-bond donors (Lipinski definition) is 1. The molecule has 0 aromatic heterocycles. The van der Waals surface area contributed by atoms with Crippen LogP contribution in [0, 0.1) is 0 Å². The van der Waals surface area contributed by atoms with Crippen molar-refractivity contribution in [3.63, 3.8) is 0 Å². The fraction of sp³-hybridized carbons (Fsp3) is 0.296. The number of nitrogens with one attached hydrogen (secondary N) is 1. The number of para-hydroxylation sites is 1. The Balaban J connectivity index is 1.43. The number of halogens is 2. The molecule has 2 aliphatic rings. The Morgan fingerprint density at radius 1 is 1.00 bits per heavy atom. The zero-order valence-corrected chi connectivity index (χ0v) is 20.0. The van der Waals surface area contributed by atoms with Gasteiger partial charge in [-0.1, -0.05) is 53.5 Å². The predicted octanol–water partition coefficient (Wildman–Crippen LogP) is 6.43. The highest BCUT2D eigenvalue weighted by Crippen LogP contribution is 2.46. The minimum Gasteiger partial charge on any atom is -0.497 e. The van der Waals surface area contributed by atoms with Gasteiger partial charge in [-0.3, -0.25) is 9.69 Å². The Kier molecular flexibility index (Phi) is 6.09. The van der Waals surface area contributed by atoms with Crippen molar-refractivity contribution in [1.29, 1.82) is 0 Å². The normalized spacial score (nSPS) is 19.7. The van der Waals surface area contributed by atoms with Gasteiger partial charge in [0, 0.05) is 30.9 Å². The monoisotopic (exact) mass is 480 g/mol. The fourth-order valence-corrected chi connectivity index (χ4v) is 5.56. The van der Waals surface area contributed by atoms with Gasteiger partial charge in [0.15, 0.2) is 5.78 Å². The van der Waals surface area contributed by atoms with Gasteiger partial charge in [-0.2, -0.15) is 0 Å². The second kappa shape index (κ2) is 9.02. The summed E-state index contributed by atoms with van der Waals surface area (Å²) in [5.74, 6) is 0.735. The number of likely N-dealkylation sites (tertiary alicyclic amines) is 1. The van der Waals surface area contributed by atoms with Crippen LogP contribution in [0.15, 0.2) is 66.7 Å². The van der Waals surface area contributed by atoms with Crippen molar-refractivity contribution in [2.45, 2.75) is 30.8 Å². The van der Waals surface area contributed by atoms with E-state index in [1.807, 2.05) is 66.7 Å². The third kappa shape index (κ3) is 4.23. The van der Waals surface area contributed by atoms with Crippen LogP contribution in [0.25, 0.3) is 0 Å². The average molecular weight is 481 g/mol. The quantitative estimate of drug-likeness (QED) is 0.467. The number of piperidine rings is 1. The van der Waals surface area contributed by atoms with Crippen molar-refractivity contribution >= 4 is 34.7 Å². The van der Waals surface area contributed by atoms with Gasteiger partial charge in [-0.15, -0.1) is 0 Å². The molecule has 1 unspecified atom stereocenters. The van der Waals surface area contributed by atoms with Gasteiger partial charge in [-0.05, 0) is 60.4 Å². The number of Topliss-reactive ketones (excluding diaryl/α,β-unsaturated/α-hetero) is 1. The van der Waals surface area contributed by atoms with Crippen LogP contribution in [-0.2, 0) is 6.54 Å². The molecule has 2 aliphatic heterocycles. The molecule has 4 nitrogen and oxygen atoms in total. The molecule has 1 N–H and O–H groups in total. The van der Waals surface area contributed by atoms with E-state index < -0.39 is 0 Å². The summed E-state index contributed by atoms with van der Waals surface area (Å²) < 4.78 is 5.34. The lowest BCUT2D eigenvalue weighted by Gasteiger charge is -2.50. The number of fused-ring (bicyclic) bond motifs is 1. The van der Waals surface area contributed by atoms with E-state index >= 15 is 0 Å². The summed E-state index contributed by atoms with van der Waals surface area (Å²) in [5.41, 5.74) is 3.55. The van der Waals surface area contributed by atoms with E-state index in [-0.39, 0.29) is 17.2 Å². The highest BCUT2D eigenvalue weighted by atomic mass is 35.5. The average Bonchev–Trinajstić information content (AvgIpc) is 2.83. The summed E-state index contributed by atoms with van der Waals surface area (Å²) in [6.45, 7) is 2.58. The number of carbonyl (C=O) groups is 1. The largest absolute Gasteiger partial charge is 0.497 e. The lowest BCUT2D eigenvalue weighted by molar-refractivity contribution is 0.0842. The molecule has 0 bridgehead atoms. The van der Waals surface area contributed by atoms with E-state index in [1.54, 1.807) is 7.11 Å². The number of ketones is 1. The number of benzene rings is 3. The molecule has 0 saturated carbocycles. The summed E-state index contributed by atoms with van der Waals surface area (Å²) >= 11 is 12.3. The first-order chi connectivity index (χ1) is 16.0. The maximum Gasteiger partial charge on any atom is 0.174 e. The number of nitrogens with zero attached hydrogens (tertiary/aromatic N) is 1. The van der Waals surface area contributed by atoms with Crippen LogP contribution in [0.1, 0.15) is 40.2 Å². The van der Waals surface area contributed by atoms with E-state index in [0.29, 0.717) is 10.0 Å². The predicted molar refractivity (Wildman–Crippen MR) is 134 cm³/mol. The summed E-state index contributed by atoms with van der Waals surface area (Å²) in [6, 6.07) is 21.6. The zero-order chi connectivity index (χ0) is 23.0. The van der Waals surface area contributed by atoms with Crippen molar-refractivity contribution in [3.8, 4) is 5.75 Å². The first-order valence-electron chi connectivity index (χ1n) is 11.2. The van der Waals surface area contributed by atoms with Gasteiger partial charge in [0.1, 0.15) is 5.75 Å². The van der Waals surface area contributed by atoms with Gasteiger partial charge in [0.2, 0.25) is 0 Å². The number of ether oxygens (including phenoxy) is 1. The number of hydrogen-bond acceptors (Lipinski definition) is 4. The molecule has 1 fully saturated rings. The molecule has 0 radical (unpaired) electrons. The van der Waals surface area contributed by atoms with Crippen molar-refractivity contribution in [3.05, 3.63) is 93.5 Å². The van der Waals surface area contributed by atoms with Crippen LogP contribution in [0.4, 0.5) is 5.69 Å². The lowest BCUT2D eigenvalue weighted by Crippen LogP contribution is -2.56. The molecule has 0 amide bonds. The highest BCUT2D eigenvalue weighted by Gasteiger charge is 2.49. The van der Waals surface area contributed by atoms with Gasteiger partial charge in [-0.25, -0.2) is 0 Å². The molecule has 5 rings (SSSR count). The molecule has 6 heteroatoms. The molecule has 1 saturated heterocycles. The van der Waals surface area contributed by atoms with Crippen molar-refractivity contribution in [2.24, 2.45) is 0 Å². The maximum atomic E-state index is 13.8. The summed E-state index contributed by atoms with van der Waals surface area (Å²) in [7, 11) is 1.66. The summed E-state index contributed by atoms with van der Waals surface area (Å²) in [5, 5.41) is 4.96. The molecule has 1 atom stereocenters. The topological polar surface area (TPSA) is 41.6 Å². The van der Waals surface area contributed by atoms with E-state index in [4.69, 9.17) is 27.9 Å². The number of rotatable bonds is 4. The zero-order valence-electron chi connectivity index (χ0n) is 18.5. The Labute approximate surface area is 204 Å². The van der Waals surface area contributed by atoms with Crippen LogP contribution in [0.5, 0.6) is 5.75 Å². The Hall–Kier alpha value is -2.53. The van der Waals surface area contributed by atoms with Gasteiger partial charge >= 0.3 is 0 Å². The van der Waals surface area contributed by atoms with E-state index in [9.17, 15) is 4.79 Å². The lowest BCUT2D eigenvalue weighted by atomic mass is 9.67. The molecule has 2 heterocycles. The van der Waals surface area contributed by atoms with E-state index in [1.165, 1.54) is 0 Å².